The molecule has 0 heterocycles. The maximum absolute atomic E-state index is 13.4. The fraction of sp³-hybridized carbons (Fsp3) is 0.480. The van der Waals surface area contributed by atoms with Gasteiger partial charge in [0.25, 0.3) is 0 Å². The normalized spacial score (nSPS) is 13.2. The number of carbonyl (C=O) groups excluding carboxylic acids is 3. The number of benzene rings is 1. The van der Waals surface area contributed by atoms with Crippen LogP contribution in [0.2, 0.25) is 0 Å². The number of rotatable bonds is 8. The van der Waals surface area contributed by atoms with E-state index in [0.29, 0.717) is 11.1 Å². The first-order valence-electron chi connectivity index (χ1n) is 10.6. The first kappa shape index (κ1) is 27.7. The fourth-order valence-electron chi connectivity index (χ4n) is 2.97. The van der Waals surface area contributed by atoms with Crippen LogP contribution in [0, 0.1) is 12.3 Å². The van der Waals surface area contributed by atoms with Gasteiger partial charge in [-0.2, -0.15) is 0 Å². The number of nitrogens with one attached hydrogen (secondary N) is 2. The standard InChI is InChI=1S/C25H35N3O5/c1-9-15-28(22(31)19(16-29)26-23(32)33-25(6,7)8)20(21(30)27-24(3,4)5)18-13-11-17(10-2)12-14-18/h2,9,11-14,19-20,29H,1,15-16H2,3-8H3,(H,26,32)(H,27,30). The molecule has 1 rings (SSSR count). The predicted octanol–water partition coefficient (Wildman–Crippen LogP) is 2.52. The number of carbonyl (C=O) groups is 3. The van der Waals surface area contributed by atoms with E-state index < -0.39 is 47.7 Å². The van der Waals surface area contributed by atoms with Crippen LogP contribution in [0.1, 0.15) is 58.7 Å². The molecule has 8 nitrogen and oxygen atoms in total. The van der Waals surface area contributed by atoms with Gasteiger partial charge < -0.3 is 25.4 Å². The molecule has 8 heteroatoms. The van der Waals surface area contributed by atoms with Crippen molar-refractivity contribution >= 4 is 17.9 Å². The Hall–Kier alpha value is -3.31. The molecule has 0 spiro atoms. The molecule has 2 unspecified atom stereocenters. The van der Waals surface area contributed by atoms with Crippen molar-refractivity contribution in [2.75, 3.05) is 13.2 Å². The van der Waals surface area contributed by atoms with E-state index in [1.54, 1.807) is 45.0 Å². The van der Waals surface area contributed by atoms with Gasteiger partial charge in [0.05, 0.1) is 6.61 Å². The van der Waals surface area contributed by atoms with Crippen molar-refractivity contribution in [2.24, 2.45) is 0 Å². The molecule has 3 N–H and O–H groups in total. The first-order valence-corrected chi connectivity index (χ1v) is 10.6. The number of hydrogen-bond donors (Lipinski definition) is 3. The van der Waals surface area contributed by atoms with Crippen LogP contribution in [-0.4, -0.2) is 58.2 Å². The third-order valence-electron chi connectivity index (χ3n) is 4.23. The lowest BCUT2D eigenvalue weighted by molar-refractivity contribution is -0.143. The summed E-state index contributed by atoms with van der Waals surface area (Å²) in [5, 5.41) is 15.1. The molecule has 2 atom stereocenters. The maximum Gasteiger partial charge on any atom is 0.408 e. The van der Waals surface area contributed by atoms with Gasteiger partial charge in [-0.15, -0.1) is 13.0 Å². The van der Waals surface area contributed by atoms with Gasteiger partial charge in [-0.3, -0.25) is 9.59 Å². The predicted molar refractivity (Wildman–Crippen MR) is 127 cm³/mol. The number of nitrogens with zero attached hydrogens (tertiary/aromatic N) is 1. The van der Waals surface area contributed by atoms with Crippen molar-refractivity contribution in [3.05, 3.63) is 48.0 Å². The third-order valence-corrected chi connectivity index (χ3v) is 4.23. The largest absolute Gasteiger partial charge is 0.444 e. The number of alkyl carbamates (subject to hydrolysis) is 1. The van der Waals surface area contributed by atoms with E-state index in [9.17, 15) is 19.5 Å². The highest BCUT2D eigenvalue weighted by atomic mass is 16.6. The molecule has 33 heavy (non-hydrogen) atoms. The monoisotopic (exact) mass is 457 g/mol. The van der Waals surface area contributed by atoms with Crippen LogP contribution >= 0.6 is 0 Å². The molecular formula is C25H35N3O5. The highest BCUT2D eigenvalue weighted by Gasteiger charge is 2.36. The fourth-order valence-corrected chi connectivity index (χ4v) is 2.97. The Labute approximate surface area is 196 Å². The molecule has 0 fully saturated rings. The second-order valence-corrected chi connectivity index (χ2v) is 9.57. The summed E-state index contributed by atoms with van der Waals surface area (Å²) >= 11 is 0. The molecule has 180 valence electrons. The van der Waals surface area contributed by atoms with E-state index in [1.165, 1.54) is 11.0 Å². The quantitative estimate of drug-likeness (QED) is 0.411. The molecule has 0 aromatic heterocycles. The minimum absolute atomic E-state index is 0.00947. The number of aliphatic hydroxyl groups excluding tert-OH is 1. The van der Waals surface area contributed by atoms with E-state index >= 15 is 0 Å². The third kappa shape index (κ3) is 8.99. The summed E-state index contributed by atoms with van der Waals surface area (Å²) in [5.74, 6) is 1.41. The minimum atomic E-state index is -1.32. The summed E-state index contributed by atoms with van der Waals surface area (Å²) in [6.45, 7) is 13.5. The summed E-state index contributed by atoms with van der Waals surface area (Å²) in [7, 11) is 0. The highest BCUT2D eigenvalue weighted by molar-refractivity contribution is 5.92. The molecule has 1 aromatic carbocycles. The zero-order valence-corrected chi connectivity index (χ0v) is 20.3. The van der Waals surface area contributed by atoms with Gasteiger partial charge >= 0.3 is 6.09 Å². The Morgan fingerprint density at radius 2 is 1.76 bits per heavy atom. The van der Waals surface area contributed by atoms with Crippen LogP contribution in [0.4, 0.5) is 4.79 Å². The average Bonchev–Trinajstić information content (AvgIpc) is 2.69. The van der Waals surface area contributed by atoms with Crippen molar-refractivity contribution in [3.8, 4) is 12.3 Å². The van der Waals surface area contributed by atoms with Crippen molar-refractivity contribution in [2.45, 2.75) is 64.8 Å². The zero-order valence-electron chi connectivity index (χ0n) is 20.3. The van der Waals surface area contributed by atoms with E-state index in [0.717, 1.165) is 0 Å². The van der Waals surface area contributed by atoms with Crippen molar-refractivity contribution in [1.82, 2.24) is 15.5 Å². The lowest BCUT2D eigenvalue weighted by Crippen LogP contribution is -2.55. The van der Waals surface area contributed by atoms with Crippen molar-refractivity contribution in [3.63, 3.8) is 0 Å². The second kappa shape index (κ2) is 11.5. The molecular weight excluding hydrogens is 422 g/mol. The minimum Gasteiger partial charge on any atom is -0.444 e. The second-order valence-electron chi connectivity index (χ2n) is 9.57. The smallest absolute Gasteiger partial charge is 0.408 e. The Kier molecular flexibility index (Phi) is 9.68. The molecule has 0 saturated carbocycles. The summed E-state index contributed by atoms with van der Waals surface area (Å²) in [6.07, 6.45) is 6.04. The van der Waals surface area contributed by atoms with Gasteiger partial charge in [0, 0.05) is 17.6 Å². The Morgan fingerprint density at radius 1 is 1.18 bits per heavy atom. The number of terminal acetylenes is 1. The molecule has 0 aliphatic carbocycles. The maximum atomic E-state index is 13.4. The number of amides is 3. The first-order chi connectivity index (χ1) is 15.2. The number of ether oxygens (including phenoxy) is 1. The summed E-state index contributed by atoms with van der Waals surface area (Å²) < 4.78 is 5.19. The summed E-state index contributed by atoms with van der Waals surface area (Å²) in [4.78, 5) is 40.2. The van der Waals surface area contributed by atoms with Gasteiger partial charge in [0.2, 0.25) is 11.8 Å². The lowest BCUT2D eigenvalue weighted by atomic mass is 9.99. The lowest BCUT2D eigenvalue weighted by Gasteiger charge is -2.35. The Bertz CT molecular complexity index is 889. The van der Waals surface area contributed by atoms with Crippen LogP contribution in [0.25, 0.3) is 0 Å². The SMILES string of the molecule is C#Cc1ccc(C(C(=O)NC(C)(C)C)N(CC=C)C(=O)C(CO)NC(=O)OC(C)(C)C)cc1. The van der Waals surface area contributed by atoms with Crippen molar-refractivity contribution in [1.29, 1.82) is 0 Å². The Morgan fingerprint density at radius 3 is 2.18 bits per heavy atom. The summed E-state index contributed by atoms with van der Waals surface area (Å²) in [5.41, 5.74) is -0.223. The topological polar surface area (TPSA) is 108 Å². The number of hydrogen-bond acceptors (Lipinski definition) is 5. The van der Waals surface area contributed by atoms with Crippen LogP contribution < -0.4 is 10.6 Å². The molecule has 3 amide bonds. The average molecular weight is 458 g/mol. The molecule has 0 radical (unpaired) electrons. The van der Waals surface area contributed by atoms with Gasteiger partial charge in [-0.1, -0.05) is 24.1 Å². The summed E-state index contributed by atoms with van der Waals surface area (Å²) in [6, 6.07) is 4.30. The molecule has 0 aliphatic heterocycles. The molecule has 1 aromatic rings. The van der Waals surface area contributed by atoms with Gasteiger partial charge in [0.1, 0.15) is 17.7 Å². The van der Waals surface area contributed by atoms with E-state index in [-0.39, 0.29) is 6.54 Å². The Balaban J connectivity index is 3.39. The van der Waals surface area contributed by atoms with E-state index in [1.807, 2.05) is 20.8 Å². The van der Waals surface area contributed by atoms with Crippen LogP contribution in [0.15, 0.2) is 36.9 Å². The van der Waals surface area contributed by atoms with Crippen LogP contribution in [0.5, 0.6) is 0 Å². The van der Waals surface area contributed by atoms with Gasteiger partial charge in [-0.25, -0.2) is 4.79 Å². The van der Waals surface area contributed by atoms with Gasteiger partial charge in [0.15, 0.2) is 0 Å². The van der Waals surface area contributed by atoms with E-state index in [4.69, 9.17) is 11.2 Å². The molecule has 0 saturated heterocycles. The van der Waals surface area contributed by atoms with Crippen LogP contribution in [-0.2, 0) is 14.3 Å². The number of aliphatic hydroxyl groups is 1. The van der Waals surface area contributed by atoms with Crippen molar-refractivity contribution < 1.29 is 24.2 Å². The van der Waals surface area contributed by atoms with Gasteiger partial charge in [-0.05, 0) is 59.2 Å². The van der Waals surface area contributed by atoms with E-state index in [2.05, 4.69) is 23.1 Å². The molecule has 0 bridgehead atoms. The van der Waals surface area contributed by atoms with Crippen LogP contribution in [0.3, 0.4) is 0 Å². The zero-order chi connectivity index (χ0) is 25.4. The highest BCUT2D eigenvalue weighted by Crippen LogP contribution is 2.24. The molecule has 0 aliphatic rings.